The third-order valence-electron chi connectivity index (χ3n) is 3.04. The normalized spacial score (nSPS) is 10.5. The minimum atomic E-state index is 0.805. The van der Waals surface area contributed by atoms with Crippen molar-refractivity contribution in [3.63, 3.8) is 0 Å². The highest BCUT2D eigenvalue weighted by atomic mass is 16.5. The summed E-state index contributed by atoms with van der Waals surface area (Å²) in [7, 11) is 0. The molecule has 108 valence electrons. The van der Waals surface area contributed by atoms with Crippen LogP contribution in [0.3, 0.4) is 0 Å². The summed E-state index contributed by atoms with van der Waals surface area (Å²) in [6.07, 6.45) is 1.78. The van der Waals surface area contributed by atoms with E-state index in [0.29, 0.717) is 0 Å². The van der Waals surface area contributed by atoms with Gasteiger partial charge in [0.2, 0.25) is 0 Å². The minimum absolute atomic E-state index is 0.805. The van der Waals surface area contributed by atoms with Crippen LogP contribution in [0.2, 0.25) is 0 Å². The summed E-state index contributed by atoms with van der Waals surface area (Å²) in [6.45, 7) is 0. The summed E-state index contributed by atoms with van der Waals surface area (Å²) in [5, 5.41) is 4.21. The van der Waals surface area contributed by atoms with Gasteiger partial charge in [-0.05, 0) is 54.1 Å². The van der Waals surface area contributed by atoms with Gasteiger partial charge in [0.05, 0.1) is 11.9 Å². The first kappa shape index (κ1) is 13.9. The van der Waals surface area contributed by atoms with Crippen LogP contribution in [0.5, 0.6) is 11.5 Å². The average Bonchev–Trinajstić information content (AvgIpc) is 2.58. The molecule has 3 heteroatoms. The maximum Gasteiger partial charge on any atom is 0.127 e. The molecule has 0 atom stereocenters. The molecular formula is C19H16N2O. The Morgan fingerprint density at radius 2 is 1.27 bits per heavy atom. The first-order valence-electron chi connectivity index (χ1n) is 7.07. The zero-order valence-electron chi connectivity index (χ0n) is 12.0. The smallest absolute Gasteiger partial charge is 0.127 e. The van der Waals surface area contributed by atoms with E-state index in [9.17, 15) is 0 Å². The molecule has 0 aromatic heterocycles. The molecule has 22 heavy (non-hydrogen) atoms. The van der Waals surface area contributed by atoms with E-state index in [-0.39, 0.29) is 0 Å². The van der Waals surface area contributed by atoms with Gasteiger partial charge in [-0.2, -0.15) is 5.10 Å². The van der Waals surface area contributed by atoms with Crippen molar-refractivity contribution >= 4 is 11.9 Å². The standard InChI is InChI=1S/C19H16N2O/c1-3-7-17(8-4-1)21-20-15-16-11-13-19(14-12-16)22-18-9-5-2-6-10-18/h1-15,21H/b20-15+. The summed E-state index contributed by atoms with van der Waals surface area (Å²) in [6, 6.07) is 27.3. The van der Waals surface area contributed by atoms with Crippen LogP contribution < -0.4 is 10.2 Å². The second kappa shape index (κ2) is 7.09. The molecule has 0 bridgehead atoms. The Balaban J connectivity index is 1.59. The number of hydrazone groups is 1. The van der Waals surface area contributed by atoms with Crippen LogP contribution in [0, 0.1) is 0 Å². The SMILES string of the molecule is C(=N\Nc1ccccc1)/c1ccc(Oc2ccccc2)cc1. The van der Waals surface area contributed by atoms with E-state index in [1.165, 1.54) is 0 Å². The fourth-order valence-electron chi connectivity index (χ4n) is 1.94. The minimum Gasteiger partial charge on any atom is -0.457 e. The lowest BCUT2D eigenvalue weighted by Gasteiger charge is -2.05. The molecule has 3 nitrogen and oxygen atoms in total. The van der Waals surface area contributed by atoms with Gasteiger partial charge < -0.3 is 4.74 Å². The van der Waals surface area contributed by atoms with Gasteiger partial charge in [0.1, 0.15) is 11.5 Å². The number of rotatable bonds is 5. The predicted octanol–water partition coefficient (Wildman–Crippen LogP) is 4.92. The summed E-state index contributed by atoms with van der Waals surface area (Å²) < 4.78 is 5.75. The van der Waals surface area contributed by atoms with Crippen molar-refractivity contribution in [2.24, 2.45) is 5.10 Å². The second-order valence-corrected chi connectivity index (χ2v) is 4.72. The van der Waals surface area contributed by atoms with Gasteiger partial charge in [-0.1, -0.05) is 36.4 Å². The largest absolute Gasteiger partial charge is 0.457 e. The molecule has 0 radical (unpaired) electrons. The number of nitrogens with one attached hydrogen (secondary N) is 1. The summed E-state index contributed by atoms with van der Waals surface area (Å²) in [5.74, 6) is 1.63. The van der Waals surface area contributed by atoms with Gasteiger partial charge in [-0.25, -0.2) is 0 Å². The van der Waals surface area contributed by atoms with Crippen LogP contribution in [0.1, 0.15) is 5.56 Å². The molecule has 3 aromatic carbocycles. The number of hydrogen-bond donors (Lipinski definition) is 1. The number of benzene rings is 3. The van der Waals surface area contributed by atoms with Crippen molar-refractivity contribution in [2.45, 2.75) is 0 Å². The molecule has 1 N–H and O–H groups in total. The van der Waals surface area contributed by atoms with E-state index < -0.39 is 0 Å². The number of nitrogens with zero attached hydrogens (tertiary/aromatic N) is 1. The van der Waals surface area contributed by atoms with E-state index in [1.807, 2.05) is 84.9 Å². The van der Waals surface area contributed by atoms with Crippen LogP contribution in [0.4, 0.5) is 5.69 Å². The van der Waals surface area contributed by atoms with E-state index in [0.717, 1.165) is 22.7 Å². The topological polar surface area (TPSA) is 33.6 Å². The van der Waals surface area contributed by atoms with Gasteiger partial charge in [0.15, 0.2) is 0 Å². The lowest BCUT2D eigenvalue weighted by atomic mass is 10.2. The quantitative estimate of drug-likeness (QED) is 0.533. The van der Waals surface area contributed by atoms with E-state index >= 15 is 0 Å². The van der Waals surface area contributed by atoms with Gasteiger partial charge in [-0.15, -0.1) is 0 Å². The van der Waals surface area contributed by atoms with Crippen molar-refractivity contribution in [1.29, 1.82) is 0 Å². The van der Waals surface area contributed by atoms with Crippen LogP contribution in [-0.4, -0.2) is 6.21 Å². The Morgan fingerprint density at radius 1 is 0.682 bits per heavy atom. The Kier molecular flexibility index (Phi) is 4.47. The summed E-state index contributed by atoms with van der Waals surface area (Å²) in [5.41, 5.74) is 4.95. The summed E-state index contributed by atoms with van der Waals surface area (Å²) >= 11 is 0. The highest BCUT2D eigenvalue weighted by molar-refractivity contribution is 5.80. The van der Waals surface area contributed by atoms with Gasteiger partial charge >= 0.3 is 0 Å². The Hall–Kier alpha value is -3.07. The van der Waals surface area contributed by atoms with Crippen LogP contribution >= 0.6 is 0 Å². The van der Waals surface area contributed by atoms with Crippen molar-refractivity contribution in [2.75, 3.05) is 5.43 Å². The van der Waals surface area contributed by atoms with Gasteiger partial charge in [0.25, 0.3) is 0 Å². The average molecular weight is 288 g/mol. The molecule has 0 aliphatic carbocycles. The van der Waals surface area contributed by atoms with Crippen LogP contribution in [-0.2, 0) is 0 Å². The molecule has 0 fully saturated rings. The number of hydrogen-bond acceptors (Lipinski definition) is 3. The molecule has 0 spiro atoms. The highest BCUT2D eigenvalue weighted by Crippen LogP contribution is 2.20. The molecule has 0 heterocycles. The zero-order chi connectivity index (χ0) is 15.0. The molecule has 0 amide bonds. The molecule has 3 rings (SSSR count). The molecule has 0 saturated carbocycles. The van der Waals surface area contributed by atoms with Crippen LogP contribution in [0.15, 0.2) is 90.0 Å². The molecule has 3 aromatic rings. The number of ether oxygens (including phenoxy) is 1. The van der Waals surface area contributed by atoms with Crippen molar-refractivity contribution < 1.29 is 4.74 Å². The first-order chi connectivity index (χ1) is 10.9. The van der Waals surface area contributed by atoms with Gasteiger partial charge in [0, 0.05) is 0 Å². The number of para-hydroxylation sites is 2. The van der Waals surface area contributed by atoms with Crippen molar-refractivity contribution in [3.05, 3.63) is 90.5 Å². The predicted molar refractivity (Wildman–Crippen MR) is 90.6 cm³/mol. The van der Waals surface area contributed by atoms with E-state index in [1.54, 1.807) is 6.21 Å². The van der Waals surface area contributed by atoms with E-state index in [4.69, 9.17) is 4.74 Å². The maximum absolute atomic E-state index is 5.75. The second-order valence-electron chi connectivity index (χ2n) is 4.72. The molecule has 0 aliphatic rings. The fraction of sp³-hybridized carbons (Fsp3) is 0. The summed E-state index contributed by atoms with van der Waals surface area (Å²) in [4.78, 5) is 0. The molecule has 0 unspecified atom stereocenters. The zero-order valence-corrected chi connectivity index (χ0v) is 12.0. The lowest BCUT2D eigenvalue weighted by molar-refractivity contribution is 0.482. The lowest BCUT2D eigenvalue weighted by Crippen LogP contribution is -1.90. The molecule has 0 saturated heterocycles. The van der Waals surface area contributed by atoms with E-state index in [2.05, 4.69) is 10.5 Å². The van der Waals surface area contributed by atoms with Gasteiger partial charge in [-0.3, -0.25) is 5.43 Å². The Morgan fingerprint density at radius 3 is 1.95 bits per heavy atom. The monoisotopic (exact) mass is 288 g/mol. The van der Waals surface area contributed by atoms with Crippen molar-refractivity contribution in [1.82, 2.24) is 0 Å². The molecular weight excluding hydrogens is 272 g/mol. The Bertz CT molecular complexity index is 722. The third kappa shape index (κ3) is 3.96. The number of anilines is 1. The fourth-order valence-corrected chi connectivity index (χ4v) is 1.94. The first-order valence-corrected chi connectivity index (χ1v) is 7.07. The van der Waals surface area contributed by atoms with Crippen LogP contribution in [0.25, 0.3) is 0 Å². The highest BCUT2D eigenvalue weighted by Gasteiger charge is 1.96. The van der Waals surface area contributed by atoms with Crippen molar-refractivity contribution in [3.8, 4) is 11.5 Å². The Labute approximate surface area is 129 Å². The third-order valence-corrected chi connectivity index (χ3v) is 3.04. The molecule has 0 aliphatic heterocycles. The maximum atomic E-state index is 5.75.